The Hall–Kier alpha value is -1.28. The Balaban J connectivity index is 1.65. The van der Waals surface area contributed by atoms with Crippen molar-refractivity contribution in [2.24, 2.45) is 0 Å². The predicted molar refractivity (Wildman–Crippen MR) is 62.9 cm³/mol. The van der Waals surface area contributed by atoms with Crippen LogP contribution in [0.25, 0.3) is 0 Å². The molecule has 0 aromatic carbocycles. The van der Waals surface area contributed by atoms with Gasteiger partial charge in [-0.1, -0.05) is 11.8 Å². The van der Waals surface area contributed by atoms with Gasteiger partial charge in [0.15, 0.2) is 0 Å². The number of hydrogen-bond donors (Lipinski definition) is 2. The van der Waals surface area contributed by atoms with Crippen molar-refractivity contribution < 1.29 is 9.53 Å². The zero-order valence-electron chi connectivity index (χ0n) is 9.33. The Morgan fingerprint density at radius 1 is 1.76 bits per heavy atom. The Morgan fingerprint density at radius 2 is 2.65 bits per heavy atom. The molecular formula is C9H15N5O2S. The van der Waals surface area contributed by atoms with Crippen LogP contribution in [-0.2, 0) is 9.53 Å². The summed E-state index contributed by atoms with van der Waals surface area (Å²) in [7, 11) is 0. The minimum absolute atomic E-state index is 0.0477. The molecule has 1 aliphatic rings. The Morgan fingerprint density at radius 3 is 3.29 bits per heavy atom. The molecule has 1 unspecified atom stereocenters. The number of carbonyl (C=O) groups excluding carboxylic acids is 1. The number of nitrogen functional groups attached to an aromatic ring is 1. The van der Waals surface area contributed by atoms with Crippen molar-refractivity contribution in [1.29, 1.82) is 0 Å². The molecule has 2 heterocycles. The molecule has 0 bridgehead atoms. The first kappa shape index (κ1) is 12.2. The van der Waals surface area contributed by atoms with Crippen LogP contribution in [0.5, 0.6) is 0 Å². The number of thioether (sulfide) groups is 1. The Kier molecular flexibility index (Phi) is 4.21. The van der Waals surface area contributed by atoms with E-state index in [-0.39, 0.29) is 17.8 Å². The molecule has 1 atom stereocenters. The van der Waals surface area contributed by atoms with E-state index < -0.39 is 0 Å². The fraction of sp³-hybridized carbons (Fsp3) is 0.667. The van der Waals surface area contributed by atoms with Gasteiger partial charge in [0.05, 0.1) is 11.9 Å². The summed E-state index contributed by atoms with van der Waals surface area (Å²) in [5.41, 5.74) is 0. The Labute approximate surface area is 103 Å². The summed E-state index contributed by atoms with van der Waals surface area (Å²) < 4.78 is 6.69. The highest BCUT2D eigenvalue weighted by atomic mass is 32.2. The number of aromatic nitrogens is 3. The lowest BCUT2D eigenvalue weighted by Gasteiger charge is -2.10. The molecular weight excluding hydrogens is 242 g/mol. The van der Waals surface area contributed by atoms with Crippen molar-refractivity contribution in [2.45, 2.75) is 24.1 Å². The minimum atomic E-state index is -0.0477. The standard InChI is InChI=1S/C9H15N5O2S/c10-14-6-12-13-9(14)17-5-8(15)11-4-7-2-1-3-16-7/h6-7H,1-5,10H2,(H,11,15). The quantitative estimate of drug-likeness (QED) is 0.539. The molecule has 1 aromatic heterocycles. The van der Waals surface area contributed by atoms with Crippen LogP contribution in [0.3, 0.4) is 0 Å². The van der Waals surface area contributed by atoms with E-state index in [1.54, 1.807) is 0 Å². The summed E-state index contributed by atoms with van der Waals surface area (Å²) in [6, 6.07) is 0. The van der Waals surface area contributed by atoms with Crippen molar-refractivity contribution in [2.75, 3.05) is 24.7 Å². The monoisotopic (exact) mass is 257 g/mol. The van der Waals surface area contributed by atoms with E-state index in [9.17, 15) is 4.79 Å². The van der Waals surface area contributed by atoms with E-state index in [0.717, 1.165) is 19.4 Å². The molecule has 0 aliphatic carbocycles. The predicted octanol–water partition coefficient (Wildman–Crippen LogP) is -0.621. The number of hydrogen-bond acceptors (Lipinski definition) is 6. The van der Waals surface area contributed by atoms with Gasteiger partial charge in [0.1, 0.15) is 6.33 Å². The average Bonchev–Trinajstić information content (AvgIpc) is 2.95. The molecule has 1 saturated heterocycles. The topological polar surface area (TPSA) is 95.1 Å². The fourth-order valence-electron chi connectivity index (χ4n) is 1.55. The van der Waals surface area contributed by atoms with E-state index >= 15 is 0 Å². The van der Waals surface area contributed by atoms with E-state index in [4.69, 9.17) is 10.6 Å². The lowest BCUT2D eigenvalue weighted by Crippen LogP contribution is -2.33. The van der Waals surface area contributed by atoms with Gasteiger partial charge in [0.25, 0.3) is 0 Å². The molecule has 0 radical (unpaired) electrons. The summed E-state index contributed by atoms with van der Waals surface area (Å²) in [4.78, 5) is 11.5. The van der Waals surface area contributed by atoms with Gasteiger partial charge in [-0.2, -0.15) is 0 Å². The summed E-state index contributed by atoms with van der Waals surface area (Å²) in [6.07, 6.45) is 3.66. The summed E-state index contributed by atoms with van der Waals surface area (Å²) in [5.74, 6) is 5.75. The van der Waals surface area contributed by atoms with Crippen LogP contribution < -0.4 is 11.2 Å². The zero-order valence-corrected chi connectivity index (χ0v) is 10.2. The maximum Gasteiger partial charge on any atom is 0.230 e. The molecule has 0 spiro atoms. The van der Waals surface area contributed by atoms with Crippen LogP contribution in [0.1, 0.15) is 12.8 Å². The van der Waals surface area contributed by atoms with Gasteiger partial charge >= 0.3 is 0 Å². The van der Waals surface area contributed by atoms with Crippen LogP contribution in [0.15, 0.2) is 11.5 Å². The maximum absolute atomic E-state index is 11.5. The molecule has 1 amide bonds. The van der Waals surface area contributed by atoms with Gasteiger partial charge in [-0.3, -0.25) is 4.79 Å². The molecule has 8 heteroatoms. The number of nitrogens with two attached hydrogens (primary N) is 1. The summed E-state index contributed by atoms with van der Waals surface area (Å²) in [6.45, 7) is 1.38. The smallest absolute Gasteiger partial charge is 0.230 e. The van der Waals surface area contributed by atoms with Gasteiger partial charge < -0.3 is 15.9 Å². The van der Waals surface area contributed by atoms with E-state index in [1.807, 2.05) is 0 Å². The third-order valence-corrected chi connectivity index (χ3v) is 3.38. The highest BCUT2D eigenvalue weighted by molar-refractivity contribution is 7.99. The average molecular weight is 257 g/mol. The second-order valence-electron chi connectivity index (χ2n) is 3.75. The third-order valence-electron chi connectivity index (χ3n) is 2.42. The molecule has 2 rings (SSSR count). The normalized spacial score (nSPS) is 19.4. The Bertz CT molecular complexity index is 377. The van der Waals surface area contributed by atoms with Gasteiger partial charge in [0.2, 0.25) is 11.1 Å². The van der Waals surface area contributed by atoms with E-state index in [2.05, 4.69) is 15.5 Å². The van der Waals surface area contributed by atoms with Gasteiger partial charge in [-0.25, -0.2) is 4.68 Å². The SMILES string of the molecule is Nn1cnnc1SCC(=O)NCC1CCCO1. The number of amides is 1. The lowest BCUT2D eigenvalue weighted by molar-refractivity contribution is -0.119. The van der Waals surface area contributed by atoms with Crippen molar-refractivity contribution in [3.05, 3.63) is 6.33 Å². The summed E-state index contributed by atoms with van der Waals surface area (Å²) >= 11 is 1.26. The van der Waals surface area contributed by atoms with E-state index in [0.29, 0.717) is 11.7 Å². The van der Waals surface area contributed by atoms with Crippen LogP contribution in [0, 0.1) is 0 Å². The molecule has 3 N–H and O–H groups in total. The second kappa shape index (κ2) is 5.87. The minimum Gasteiger partial charge on any atom is -0.376 e. The van der Waals surface area contributed by atoms with Crippen LogP contribution in [0.2, 0.25) is 0 Å². The maximum atomic E-state index is 11.5. The number of rotatable bonds is 5. The van der Waals surface area contributed by atoms with E-state index in [1.165, 1.54) is 22.8 Å². The molecule has 1 fully saturated rings. The number of ether oxygens (including phenoxy) is 1. The highest BCUT2D eigenvalue weighted by Gasteiger charge is 2.16. The van der Waals surface area contributed by atoms with Crippen LogP contribution in [-0.4, -0.2) is 45.8 Å². The van der Waals surface area contributed by atoms with Gasteiger partial charge in [0, 0.05) is 13.2 Å². The number of nitrogens with one attached hydrogen (secondary N) is 1. The fourth-order valence-corrected chi connectivity index (χ4v) is 2.21. The summed E-state index contributed by atoms with van der Waals surface area (Å²) in [5, 5.41) is 10.7. The van der Waals surface area contributed by atoms with Crippen molar-refractivity contribution in [3.8, 4) is 0 Å². The van der Waals surface area contributed by atoms with Crippen molar-refractivity contribution >= 4 is 17.7 Å². The van der Waals surface area contributed by atoms with Crippen LogP contribution >= 0.6 is 11.8 Å². The molecule has 94 valence electrons. The van der Waals surface area contributed by atoms with Crippen LogP contribution in [0.4, 0.5) is 0 Å². The second-order valence-corrected chi connectivity index (χ2v) is 4.69. The largest absolute Gasteiger partial charge is 0.376 e. The molecule has 1 aromatic rings. The first-order chi connectivity index (χ1) is 8.25. The highest BCUT2D eigenvalue weighted by Crippen LogP contribution is 2.12. The number of nitrogens with zero attached hydrogens (tertiary/aromatic N) is 3. The van der Waals surface area contributed by atoms with Gasteiger partial charge in [-0.05, 0) is 12.8 Å². The van der Waals surface area contributed by atoms with Crippen molar-refractivity contribution in [3.63, 3.8) is 0 Å². The lowest BCUT2D eigenvalue weighted by atomic mass is 10.2. The van der Waals surface area contributed by atoms with Gasteiger partial charge in [-0.15, -0.1) is 10.2 Å². The first-order valence-electron chi connectivity index (χ1n) is 5.42. The van der Waals surface area contributed by atoms with Crippen molar-refractivity contribution in [1.82, 2.24) is 20.2 Å². The molecule has 17 heavy (non-hydrogen) atoms. The molecule has 1 aliphatic heterocycles. The number of carbonyl (C=O) groups is 1. The zero-order chi connectivity index (χ0) is 12.1. The first-order valence-corrected chi connectivity index (χ1v) is 6.40. The third kappa shape index (κ3) is 3.60. The molecule has 0 saturated carbocycles. The molecule has 7 nitrogen and oxygen atoms in total.